The Hall–Kier alpha value is -1.56. The largest absolute Gasteiger partial charge is 0.382 e. The van der Waals surface area contributed by atoms with Gasteiger partial charge in [0, 0.05) is 17.3 Å². The summed E-state index contributed by atoms with van der Waals surface area (Å²) in [6.07, 6.45) is 5.10. The highest BCUT2D eigenvalue weighted by Gasteiger charge is 2.20. The Bertz CT molecular complexity index is 472. The van der Waals surface area contributed by atoms with Gasteiger partial charge in [-0.2, -0.15) is 5.26 Å². The van der Waals surface area contributed by atoms with Crippen LogP contribution in [0.1, 0.15) is 43.7 Å². The Labute approximate surface area is 108 Å². The van der Waals surface area contributed by atoms with Crippen molar-refractivity contribution in [3.8, 4) is 6.07 Å². The summed E-state index contributed by atoms with van der Waals surface area (Å²) in [5.74, 6) is 0.504. The maximum absolute atomic E-state index is 13.6. The molecule has 0 aromatic heterocycles. The van der Waals surface area contributed by atoms with Crippen LogP contribution in [0.4, 0.5) is 10.1 Å². The van der Waals surface area contributed by atoms with Gasteiger partial charge in [-0.05, 0) is 38.3 Å². The first-order valence-corrected chi connectivity index (χ1v) is 6.57. The van der Waals surface area contributed by atoms with Crippen LogP contribution in [0.3, 0.4) is 0 Å². The van der Waals surface area contributed by atoms with Crippen LogP contribution in [-0.2, 0) is 0 Å². The van der Waals surface area contributed by atoms with Crippen molar-refractivity contribution >= 4 is 5.69 Å². The maximum atomic E-state index is 13.6. The molecule has 2 rings (SSSR count). The first-order chi connectivity index (χ1) is 8.60. The van der Waals surface area contributed by atoms with Crippen molar-refractivity contribution < 1.29 is 4.39 Å². The minimum atomic E-state index is -0.313. The van der Waals surface area contributed by atoms with Crippen LogP contribution in [0.5, 0.6) is 0 Å². The summed E-state index contributed by atoms with van der Waals surface area (Å²) >= 11 is 0. The Kier molecular flexibility index (Phi) is 3.86. The molecule has 0 amide bonds. The fraction of sp³-hybridized carbons (Fsp3) is 0.533. The van der Waals surface area contributed by atoms with Crippen molar-refractivity contribution in [3.63, 3.8) is 0 Å². The van der Waals surface area contributed by atoms with Gasteiger partial charge in [0.1, 0.15) is 5.82 Å². The SMILES string of the molecule is Cc1c(F)cc(C#N)cc1NC(C)CC1CCC1. The quantitative estimate of drug-likeness (QED) is 0.871. The predicted octanol–water partition coefficient (Wildman–Crippen LogP) is 4.00. The average molecular weight is 246 g/mol. The second-order valence-corrected chi connectivity index (χ2v) is 5.32. The lowest BCUT2D eigenvalue weighted by molar-refractivity contribution is 0.286. The third-order valence-corrected chi connectivity index (χ3v) is 3.79. The van der Waals surface area contributed by atoms with Crippen LogP contribution < -0.4 is 5.32 Å². The molecule has 3 heteroatoms. The Morgan fingerprint density at radius 2 is 2.22 bits per heavy atom. The van der Waals surface area contributed by atoms with Gasteiger partial charge in [-0.3, -0.25) is 0 Å². The molecule has 1 atom stereocenters. The number of nitrogens with one attached hydrogen (secondary N) is 1. The van der Waals surface area contributed by atoms with Gasteiger partial charge in [0.05, 0.1) is 11.6 Å². The minimum Gasteiger partial charge on any atom is -0.382 e. The zero-order chi connectivity index (χ0) is 13.1. The molecule has 96 valence electrons. The number of halogens is 1. The summed E-state index contributed by atoms with van der Waals surface area (Å²) in [5.41, 5.74) is 1.71. The molecule has 18 heavy (non-hydrogen) atoms. The van der Waals surface area contributed by atoms with Crippen molar-refractivity contribution in [2.24, 2.45) is 5.92 Å². The van der Waals surface area contributed by atoms with E-state index in [1.807, 2.05) is 6.07 Å². The zero-order valence-corrected chi connectivity index (χ0v) is 11.0. The molecule has 1 aliphatic rings. The zero-order valence-electron chi connectivity index (χ0n) is 11.0. The molecular formula is C15H19FN2. The van der Waals surface area contributed by atoms with E-state index in [1.54, 1.807) is 13.0 Å². The van der Waals surface area contributed by atoms with Gasteiger partial charge in [0.25, 0.3) is 0 Å². The van der Waals surface area contributed by atoms with Gasteiger partial charge in [-0.15, -0.1) is 0 Å². The standard InChI is InChI=1S/C15H19FN2/c1-10(6-12-4-3-5-12)18-15-8-13(9-17)7-14(16)11(15)2/h7-8,10,12,18H,3-6H2,1-2H3. The van der Waals surface area contributed by atoms with E-state index in [2.05, 4.69) is 12.2 Å². The fourth-order valence-corrected chi connectivity index (χ4v) is 2.45. The third kappa shape index (κ3) is 2.81. The van der Waals surface area contributed by atoms with Gasteiger partial charge in [-0.25, -0.2) is 4.39 Å². The number of nitrogens with zero attached hydrogens (tertiary/aromatic N) is 1. The van der Waals surface area contributed by atoms with E-state index in [-0.39, 0.29) is 5.82 Å². The van der Waals surface area contributed by atoms with Crippen molar-refractivity contribution in [2.45, 2.75) is 45.6 Å². The van der Waals surface area contributed by atoms with E-state index in [0.29, 0.717) is 17.2 Å². The normalized spacial score (nSPS) is 16.8. The monoisotopic (exact) mass is 246 g/mol. The summed E-state index contributed by atoms with van der Waals surface area (Å²) in [4.78, 5) is 0. The molecule has 0 saturated heterocycles. The smallest absolute Gasteiger partial charge is 0.129 e. The molecule has 0 heterocycles. The molecule has 1 aromatic carbocycles. The molecule has 1 saturated carbocycles. The van der Waals surface area contributed by atoms with Crippen molar-refractivity contribution in [1.29, 1.82) is 5.26 Å². The molecule has 0 aliphatic heterocycles. The lowest BCUT2D eigenvalue weighted by Gasteiger charge is -2.29. The summed E-state index contributed by atoms with van der Waals surface area (Å²) < 4.78 is 13.6. The average Bonchev–Trinajstić information content (AvgIpc) is 2.29. The maximum Gasteiger partial charge on any atom is 0.129 e. The van der Waals surface area contributed by atoms with Gasteiger partial charge in [0.15, 0.2) is 0 Å². The van der Waals surface area contributed by atoms with E-state index in [0.717, 1.165) is 18.0 Å². The van der Waals surface area contributed by atoms with Crippen LogP contribution in [0.2, 0.25) is 0 Å². The lowest BCUT2D eigenvalue weighted by Crippen LogP contribution is -2.23. The molecule has 1 aromatic rings. The van der Waals surface area contributed by atoms with Crippen LogP contribution in [0.15, 0.2) is 12.1 Å². The Balaban J connectivity index is 2.07. The second kappa shape index (κ2) is 5.39. The van der Waals surface area contributed by atoms with Crippen molar-refractivity contribution in [1.82, 2.24) is 0 Å². The highest BCUT2D eigenvalue weighted by Crippen LogP contribution is 2.31. The molecular weight excluding hydrogens is 227 g/mol. The molecule has 1 N–H and O–H groups in total. The van der Waals surface area contributed by atoms with Crippen molar-refractivity contribution in [3.05, 3.63) is 29.1 Å². The van der Waals surface area contributed by atoms with Crippen LogP contribution in [0.25, 0.3) is 0 Å². The third-order valence-electron chi connectivity index (χ3n) is 3.79. The van der Waals surface area contributed by atoms with Crippen molar-refractivity contribution in [2.75, 3.05) is 5.32 Å². The van der Waals surface area contributed by atoms with E-state index in [9.17, 15) is 4.39 Å². The molecule has 1 fully saturated rings. The Morgan fingerprint density at radius 1 is 1.50 bits per heavy atom. The number of hydrogen-bond donors (Lipinski definition) is 1. The van der Waals surface area contributed by atoms with Crippen LogP contribution in [-0.4, -0.2) is 6.04 Å². The van der Waals surface area contributed by atoms with Crippen LogP contribution >= 0.6 is 0 Å². The Morgan fingerprint density at radius 3 is 2.78 bits per heavy atom. The first-order valence-electron chi connectivity index (χ1n) is 6.57. The predicted molar refractivity (Wildman–Crippen MR) is 70.9 cm³/mol. The summed E-state index contributed by atoms with van der Waals surface area (Å²) in [6, 6.07) is 5.33. The summed E-state index contributed by atoms with van der Waals surface area (Å²) in [5, 5.41) is 12.2. The number of benzene rings is 1. The number of hydrogen-bond acceptors (Lipinski definition) is 2. The van der Waals surface area contributed by atoms with E-state index in [4.69, 9.17) is 5.26 Å². The number of anilines is 1. The molecule has 0 radical (unpaired) electrons. The van der Waals surface area contributed by atoms with Gasteiger partial charge < -0.3 is 5.32 Å². The van der Waals surface area contributed by atoms with E-state index < -0.39 is 0 Å². The minimum absolute atomic E-state index is 0.313. The van der Waals surface area contributed by atoms with E-state index in [1.165, 1.54) is 25.3 Å². The van der Waals surface area contributed by atoms with E-state index >= 15 is 0 Å². The molecule has 2 nitrogen and oxygen atoms in total. The highest BCUT2D eigenvalue weighted by molar-refractivity contribution is 5.56. The van der Waals surface area contributed by atoms with Gasteiger partial charge in [0.2, 0.25) is 0 Å². The number of nitriles is 1. The van der Waals surface area contributed by atoms with Gasteiger partial charge >= 0.3 is 0 Å². The topological polar surface area (TPSA) is 35.8 Å². The highest BCUT2D eigenvalue weighted by atomic mass is 19.1. The lowest BCUT2D eigenvalue weighted by atomic mass is 9.81. The van der Waals surface area contributed by atoms with Crippen LogP contribution in [0, 0.1) is 30.0 Å². The molecule has 0 bridgehead atoms. The second-order valence-electron chi connectivity index (χ2n) is 5.32. The number of rotatable bonds is 4. The fourth-order valence-electron chi connectivity index (χ4n) is 2.45. The molecule has 1 aliphatic carbocycles. The molecule has 1 unspecified atom stereocenters. The summed E-state index contributed by atoms with van der Waals surface area (Å²) in [6.45, 7) is 3.86. The first kappa shape index (κ1) is 12.9. The molecule has 0 spiro atoms. The van der Waals surface area contributed by atoms with Gasteiger partial charge in [-0.1, -0.05) is 19.3 Å². The summed E-state index contributed by atoms with van der Waals surface area (Å²) in [7, 11) is 0.